The zero-order chi connectivity index (χ0) is 19.9. The van der Waals surface area contributed by atoms with Gasteiger partial charge in [-0.2, -0.15) is 11.8 Å². The molecule has 0 saturated carbocycles. The largest absolute Gasteiger partial charge is 0.465 e. The van der Waals surface area contributed by atoms with Gasteiger partial charge in [-0.1, -0.05) is 52.2 Å². The number of thioether (sulfide) groups is 1. The molecule has 26 heavy (non-hydrogen) atoms. The Kier molecular flexibility index (Phi) is 13.8. The summed E-state index contributed by atoms with van der Waals surface area (Å²) in [5, 5.41) is 0. The van der Waals surface area contributed by atoms with Gasteiger partial charge in [0.15, 0.2) is 0 Å². The number of carbonyl (C=O) groups is 2. The molecule has 0 unspecified atom stereocenters. The molecule has 0 aliphatic rings. The maximum absolute atomic E-state index is 12.4. The average molecular weight is 384 g/mol. The maximum atomic E-state index is 12.4. The van der Waals surface area contributed by atoms with Crippen LogP contribution >= 0.6 is 11.8 Å². The first kappa shape index (κ1) is 24.5. The van der Waals surface area contributed by atoms with E-state index < -0.39 is 12.0 Å². The van der Waals surface area contributed by atoms with Crippen molar-refractivity contribution in [2.75, 3.05) is 24.7 Å². The van der Waals surface area contributed by atoms with Crippen LogP contribution in [0.25, 0.3) is 0 Å². The third-order valence-corrected chi connectivity index (χ3v) is 4.52. The Morgan fingerprint density at radius 3 is 2.42 bits per heavy atom. The molecular weight excluding hydrogens is 350 g/mol. The minimum absolute atomic E-state index is 0.161. The fourth-order valence-corrected chi connectivity index (χ4v) is 3.18. The van der Waals surface area contributed by atoms with Crippen LogP contribution in [0.4, 0.5) is 0 Å². The Morgan fingerprint density at radius 2 is 1.88 bits per heavy atom. The summed E-state index contributed by atoms with van der Waals surface area (Å²) in [6, 6.07) is -0.668. The molecule has 0 bridgehead atoms. The fraction of sp³-hybridized carbons (Fsp3) is 0.600. The summed E-state index contributed by atoms with van der Waals surface area (Å²) in [4.78, 5) is 24.1. The number of allylic oxidation sites excluding steroid dienone is 2. The molecular formula is C20H33NO4S. The molecule has 6 heteroatoms. The predicted molar refractivity (Wildman–Crippen MR) is 109 cm³/mol. The van der Waals surface area contributed by atoms with Crippen molar-refractivity contribution in [3.8, 4) is 0 Å². The molecule has 0 amide bonds. The topological polar surface area (TPSA) is 78.6 Å². The monoisotopic (exact) mass is 383 g/mol. The molecule has 0 aromatic carbocycles. The summed E-state index contributed by atoms with van der Waals surface area (Å²) >= 11 is 1.57. The summed E-state index contributed by atoms with van der Waals surface area (Å²) in [6.07, 6.45) is 6.51. The summed E-state index contributed by atoms with van der Waals surface area (Å²) in [5.74, 6) is 0.462. The predicted octanol–water partition coefficient (Wildman–Crippen LogP) is 3.50. The Labute approximate surface area is 162 Å². The second kappa shape index (κ2) is 14.6. The normalized spacial score (nSPS) is 13.8. The van der Waals surface area contributed by atoms with Gasteiger partial charge in [0.05, 0.1) is 12.5 Å². The molecule has 0 heterocycles. The van der Waals surface area contributed by atoms with Gasteiger partial charge in [-0.3, -0.25) is 9.59 Å². The summed E-state index contributed by atoms with van der Waals surface area (Å²) in [5.41, 5.74) is 6.69. The van der Waals surface area contributed by atoms with E-state index in [1.54, 1.807) is 17.8 Å². The van der Waals surface area contributed by atoms with Crippen molar-refractivity contribution < 1.29 is 19.1 Å². The highest BCUT2D eigenvalue weighted by Crippen LogP contribution is 2.22. The first-order valence-electron chi connectivity index (χ1n) is 8.97. The van der Waals surface area contributed by atoms with E-state index in [4.69, 9.17) is 15.2 Å². The van der Waals surface area contributed by atoms with Crippen LogP contribution in [0.2, 0.25) is 0 Å². The number of esters is 2. The van der Waals surface area contributed by atoms with Gasteiger partial charge < -0.3 is 15.2 Å². The molecule has 5 nitrogen and oxygen atoms in total. The van der Waals surface area contributed by atoms with E-state index in [1.165, 1.54) is 6.08 Å². The van der Waals surface area contributed by atoms with Crippen LogP contribution in [0.5, 0.6) is 0 Å². The van der Waals surface area contributed by atoms with Gasteiger partial charge in [-0.05, 0) is 30.1 Å². The lowest BCUT2D eigenvalue weighted by Gasteiger charge is -2.18. The number of rotatable bonds is 14. The summed E-state index contributed by atoms with van der Waals surface area (Å²) < 4.78 is 10.3. The summed E-state index contributed by atoms with van der Waals surface area (Å²) in [7, 11) is 0. The van der Waals surface area contributed by atoms with Crippen LogP contribution in [-0.2, 0) is 19.1 Å². The Bertz CT molecular complexity index is 488. The van der Waals surface area contributed by atoms with Crippen molar-refractivity contribution in [2.24, 2.45) is 17.6 Å². The van der Waals surface area contributed by atoms with Gasteiger partial charge in [0.1, 0.15) is 12.6 Å². The lowest BCUT2D eigenvalue weighted by molar-refractivity contribution is -0.147. The number of ether oxygens (including phenoxy) is 2. The van der Waals surface area contributed by atoms with E-state index in [9.17, 15) is 9.59 Å². The first-order chi connectivity index (χ1) is 12.4. The molecule has 2 N–H and O–H groups in total. The molecule has 0 aromatic heterocycles. The zero-order valence-corrected chi connectivity index (χ0v) is 17.1. The Hall–Kier alpha value is -1.53. The molecule has 0 rings (SSSR count). The number of nitrogens with two attached hydrogens (primary N) is 1. The van der Waals surface area contributed by atoms with E-state index in [2.05, 4.69) is 13.2 Å². The number of hydrogen-bond acceptors (Lipinski definition) is 6. The third kappa shape index (κ3) is 10.5. The highest BCUT2D eigenvalue weighted by atomic mass is 32.2. The molecule has 0 aliphatic carbocycles. The lowest BCUT2D eigenvalue weighted by atomic mass is 10.00. The lowest BCUT2D eigenvalue weighted by Crippen LogP contribution is -2.33. The van der Waals surface area contributed by atoms with Crippen molar-refractivity contribution in [2.45, 2.75) is 39.7 Å². The smallest absolute Gasteiger partial charge is 0.323 e. The van der Waals surface area contributed by atoms with Crippen LogP contribution < -0.4 is 5.73 Å². The van der Waals surface area contributed by atoms with Crippen LogP contribution in [0.1, 0.15) is 33.6 Å². The molecule has 0 fully saturated rings. The highest BCUT2D eigenvalue weighted by molar-refractivity contribution is 7.99. The zero-order valence-electron chi connectivity index (χ0n) is 16.2. The van der Waals surface area contributed by atoms with E-state index >= 15 is 0 Å². The van der Waals surface area contributed by atoms with Crippen molar-refractivity contribution in [3.63, 3.8) is 0 Å². The SMILES string of the molecule is C=CCOC(=O)[C@@H](N)CCSC[C@@H](C(=O)OCC(C)C)/C(C=C)=C\CC. The van der Waals surface area contributed by atoms with Gasteiger partial charge in [0.2, 0.25) is 0 Å². The minimum Gasteiger partial charge on any atom is -0.465 e. The molecule has 0 aliphatic heterocycles. The number of hydrogen-bond donors (Lipinski definition) is 1. The highest BCUT2D eigenvalue weighted by Gasteiger charge is 2.23. The van der Waals surface area contributed by atoms with Crippen LogP contribution in [0, 0.1) is 11.8 Å². The minimum atomic E-state index is -0.668. The molecule has 0 aromatic rings. The molecule has 0 spiro atoms. The van der Waals surface area contributed by atoms with Gasteiger partial charge in [-0.15, -0.1) is 0 Å². The number of carbonyl (C=O) groups excluding carboxylic acids is 2. The van der Waals surface area contributed by atoms with Crippen molar-refractivity contribution in [1.82, 2.24) is 0 Å². The van der Waals surface area contributed by atoms with Gasteiger partial charge in [-0.25, -0.2) is 0 Å². The van der Waals surface area contributed by atoms with E-state index in [1.807, 2.05) is 26.8 Å². The quantitative estimate of drug-likeness (QED) is 0.214. The molecule has 0 saturated heterocycles. The standard InChI is InChI=1S/C20H33NO4S/c1-6-9-16(8-3)17(19(22)25-13-15(4)5)14-26-12-10-18(21)20(23)24-11-7-2/h7-9,15,17-18H,2-3,6,10-14,21H2,1,4-5H3/b16-9-/t17-,18+/m1/s1. The fourth-order valence-electron chi connectivity index (χ4n) is 2.03. The second-order valence-electron chi connectivity index (χ2n) is 6.28. The van der Waals surface area contributed by atoms with E-state index in [0.29, 0.717) is 24.5 Å². The second-order valence-corrected chi connectivity index (χ2v) is 7.43. The molecule has 0 radical (unpaired) electrons. The molecule has 148 valence electrons. The van der Waals surface area contributed by atoms with Gasteiger partial charge in [0.25, 0.3) is 0 Å². The third-order valence-electron chi connectivity index (χ3n) is 3.43. The van der Waals surface area contributed by atoms with Crippen molar-refractivity contribution >= 4 is 23.7 Å². The average Bonchev–Trinajstić information content (AvgIpc) is 2.62. The van der Waals surface area contributed by atoms with Crippen LogP contribution in [0.15, 0.2) is 37.0 Å². The van der Waals surface area contributed by atoms with Crippen molar-refractivity contribution in [1.29, 1.82) is 0 Å². The van der Waals surface area contributed by atoms with E-state index in [0.717, 1.165) is 12.0 Å². The maximum Gasteiger partial charge on any atom is 0.323 e. The van der Waals surface area contributed by atoms with E-state index in [-0.39, 0.29) is 24.4 Å². The first-order valence-corrected chi connectivity index (χ1v) is 10.1. The van der Waals surface area contributed by atoms with Gasteiger partial charge >= 0.3 is 11.9 Å². The van der Waals surface area contributed by atoms with Crippen molar-refractivity contribution in [3.05, 3.63) is 37.0 Å². The van der Waals surface area contributed by atoms with Crippen LogP contribution in [-0.4, -0.2) is 42.7 Å². The Balaban J connectivity index is 4.61. The molecule has 2 atom stereocenters. The van der Waals surface area contributed by atoms with Gasteiger partial charge in [0, 0.05) is 5.75 Å². The Morgan fingerprint density at radius 1 is 1.19 bits per heavy atom. The summed E-state index contributed by atoms with van der Waals surface area (Å²) in [6.45, 7) is 13.9. The van der Waals surface area contributed by atoms with Crippen LogP contribution in [0.3, 0.4) is 0 Å².